The van der Waals surface area contributed by atoms with E-state index in [4.69, 9.17) is 23.2 Å². The standard InChI is InChI=1S/C26H21BrCl2N2O5S/c27-18-8-9-22-19(14-18)26(25(34)31(22)15-16-4-6-17(7-5-16)24(32)33)10-12-30(13-11-26)37(35,36)23-20(28)2-1-3-21(23)29/h1-9,14H,10-13,15H2,(H,32,33). The predicted molar refractivity (Wildman–Crippen MR) is 145 cm³/mol. The number of carboxylic acid groups (broad SMARTS) is 1. The van der Waals surface area contributed by atoms with Crippen molar-refractivity contribution in [3.63, 3.8) is 0 Å². The van der Waals surface area contributed by atoms with Crippen molar-refractivity contribution >= 4 is 66.7 Å². The lowest BCUT2D eigenvalue weighted by Gasteiger charge is -2.38. The summed E-state index contributed by atoms with van der Waals surface area (Å²) in [7, 11) is -3.96. The van der Waals surface area contributed by atoms with Crippen LogP contribution in [0.3, 0.4) is 0 Å². The van der Waals surface area contributed by atoms with Crippen LogP contribution >= 0.6 is 39.1 Å². The van der Waals surface area contributed by atoms with Gasteiger partial charge < -0.3 is 10.0 Å². The molecule has 1 fully saturated rings. The first-order chi connectivity index (χ1) is 17.5. The molecule has 11 heteroatoms. The average molecular weight is 624 g/mol. The van der Waals surface area contributed by atoms with Crippen molar-refractivity contribution in [1.82, 2.24) is 4.31 Å². The van der Waals surface area contributed by atoms with Gasteiger partial charge in [-0.1, -0.05) is 57.3 Å². The van der Waals surface area contributed by atoms with E-state index < -0.39 is 21.4 Å². The Balaban J connectivity index is 1.45. The number of benzene rings is 3. The number of hydrogen-bond donors (Lipinski definition) is 1. The normalized spacial score (nSPS) is 17.3. The number of aromatic carboxylic acids is 1. The molecule has 0 radical (unpaired) electrons. The van der Waals surface area contributed by atoms with E-state index in [-0.39, 0.29) is 46.0 Å². The number of piperidine rings is 1. The van der Waals surface area contributed by atoms with E-state index in [0.717, 1.165) is 21.3 Å². The maximum absolute atomic E-state index is 14.0. The topological polar surface area (TPSA) is 95.0 Å². The number of nitrogens with zero attached hydrogens (tertiary/aromatic N) is 2. The van der Waals surface area contributed by atoms with Gasteiger partial charge in [-0.2, -0.15) is 4.31 Å². The number of anilines is 1. The fourth-order valence-corrected chi connectivity index (χ4v) is 8.05. The molecule has 2 heterocycles. The number of carbonyl (C=O) groups is 2. The summed E-state index contributed by atoms with van der Waals surface area (Å²) in [6, 6.07) is 16.7. The van der Waals surface area contributed by atoms with Gasteiger partial charge in [0.2, 0.25) is 15.9 Å². The number of sulfonamides is 1. The number of carbonyl (C=O) groups excluding carboxylic acids is 1. The summed E-state index contributed by atoms with van der Waals surface area (Å²) in [4.78, 5) is 26.7. The van der Waals surface area contributed by atoms with Crippen molar-refractivity contribution in [2.75, 3.05) is 18.0 Å². The quantitative estimate of drug-likeness (QED) is 0.392. The van der Waals surface area contributed by atoms with Crippen LogP contribution in [0.1, 0.15) is 34.3 Å². The number of rotatable bonds is 5. The van der Waals surface area contributed by atoms with Crippen molar-refractivity contribution in [1.29, 1.82) is 0 Å². The van der Waals surface area contributed by atoms with Gasteiger partial charge in [0.05, 0.1) is 27.6 Å². The summed E-state index contributed by atoms with van der Waals surface area (Å²) < 4.78 is 29.0. The van der Waals surface area contributed by atoms with Gasteiger partial charge in [0.1, 0.15) is 4.90 Å². The molecule has 3 aromatic rings. The second-order valence-corrected chi connectivity index (χ2v) is 12.7. The third kappa shape index (κ3) is 4.46. The summed E-state index contributed by atoms with van der Waals surface area (Å²) in [5.41, 5.74) is 1.70. The van der Waals surface area contributed by atoms with Gasteiger partial charge in [-0.05, 0) is 66.4 Å². The zero-order valence-corrected chi connectivity index (χ0v) is 23.2. The van der Waals surface area contributed by atoms with Crippen molar-refractivity contribution in [3.8, 4) is 0 Å². The van der Waals surface area contributed by atoms with E-state index >= 15 is 0 Å². The molecule has 0 unspecified atom stereocenters. The Bertz CT molecular complexity index is 1500. The van der Waals surface area contributed by atoms with Crippen molar-refractivity contribution in [2.45, 2.75) is 29.7 Å². The monoisotopic (exact) mass is 622 g/mol. The highest BCUT2D eigenvalue weighted by atomic mass is 79.9. The van der Waals surface area contributed by atoms with Gasteiger partial charge in [-0.3, -0.25) is 4.79 Å². The summed E-state index contributed by atoms with van der Waals surface area (Å²) in [5, 5.41) is 9.28. The number of amides is 1. The summed E-state index contributed by atoms with van der Waals surface area (Å²) >= 11 is 15.9. The average Bonchev–Trinajstić information content (AvgIpc) is 3.06. The Morgan fingerprint density at radius 2 is 1.62 bits per heavy atom. The highest BCUT2D eigenvalue weighted by molar-refractivity contribution is 9.10. The third-order valence-corrected chi connectivity index (χ3v) is 10.4. The fraction of sp³-hybridized carbons (Fsp3) is 0.231. The van der Waals surface area contributed by atoms with Crippen LogP contribution in [0, 0.1) is 0 Å². The minimum atomic E-state index is -3.96. The van der Waals surface area contributed by atoms with Gasteiger partial charge >= 0.3 is 5.97 Å². The van der Waals surface area contributed by atoms with Gasteiger partial charge in [-0.25, -0.2) is 13.2 Å². The summed E-state index contributed by atoms with van der Waals surface area (Å²) in [6.07, 6.45) is 0.593. The molecule has 0 bridgehead atoms. The molecule has 1 saturated heterocycles. The molecule has 1 N–H and O–H groups in total. The number of halogens is 3. The molecule has 0 atom stereocenters. The first-order valence-corrected chi connectivity index (χ1v) is 14.4. The van der Waals surface area contributed by atoms with E-state index in [0.29, 0.717) is 12.8 Å². The van der Waals surface area contributed by atoms with Crippen LogP contribution in [0.4, 0.5) is 5.69 Å². The lowest BCUT2D eigenvalue weighted by Crippen LogP contribution is -2.50. The molecule has 3 aromatic carbocycles. The first kappa shape index (κ1) is 26.2. The zero-order chi connectivity index (χ0) is 26.5. The van der Waals surface area contributed by atoms with E-state index in [2.05, 4.69) is 15.9 Å². The molecular weight excluding hydrogens is 603 g/mol. The van der Waals surface area contributed by atoms with Gasteiger partial charge in [0.25, 0.3) is 0 Å². The van der Waals surface area contributed by atoms with E-state index in [1.807, 2.05) is 18.2 Å². The Morgan fingerprint density at radius 3 is 2.22 bits per heavy atom. The molecule has 192 valence electrons. The SMILES string of the molecule is O=C(O)c1ccc(CN2C(=O)C3(CCN(S(=O)(=O)c4c(Cl)cccc4Cl)CC3)c3cc(Br)ccc32)cc1. The van der Waals surface area contributed by atoms with E-state index in [1.54, 1.807) is 23.1 Å². The number of fused-ring (bicyclic) bond motifs is 2. The smallest absolute Gasteiger partial charge is 0.335 e. The highest BCUT2D eigenvalue weighted by Crippen LogP contribution is 2.50. The third-order valence-electron chi connectivity index (χ3n) is 7.05. The maximum atomic E-state index is 14.0. The molecule has 37 heavy (non-hydrogen) atoms. The minimum absolute atomic E-state index is 0.0547. The van der Waals surface area contributed by atoms with Crippen LogP contribution in [-0.2, 0) is 26.8 Å². The van der Waals surface area contributed by atoms with Crippen LogP contribution < -0.4 is 4.90 Å². The van der Waals surface area contributed by atoms with Crippen molar-refractivity contribution < 1.29 is 23.1 Å². The number of hydrogen-bond acceptors (Lipinski definition) is 4. The maximum Gasteiger partial charge on any atom is 0.335 e. The summed E-state index contributed by atoms with van der Waals surface area (Å²) in [6.45, 7) is 0.526. The Kier molecular flexibility index (Phi) is 6.87. The Labute approximate surface area is 232 Å². The van der Waals surface area contributed by atoms with Crippen molar-refractivity contribution in [3.05, 3.63) is 91.9 Å². The number of carboxylic acids is 1. The van der Waals surface area contributed by atoms with Crippen LogP contribution in [0.15, 0.2) is 70.0 Å². The largest absolute Gasteiger partial charge is 0.478 e. The fourth-order valence-electron chi connectivity index (χ4n) is 5.15. The molecule has 0 aromatic heterocycles. The first-order valence-electron chi connectivity index (χ1n) is 11.4. The van der Waals surface area contributed by atoms with Crippen LogP contribution in [0.2, 0.25) is 10.0 Å². The second kappa shape index (κ2) is 9.71. The highest BCUT2D eigenvalue weighted by Gasteiger charge is 2.53. The molecule has 1 amide bonds. The lowest BCUT2D eigenvalue weighted by molar-refractivity contribution is -0.124. The zero-order valence-electron chi connectivity index (χ0n) is 19.3. The molecule has 1 spiro atoms. The van der Waals surface area contributed by atoms with Crippen LogP contribution in [-0.4, -0.2) is 42.8 Å². The van der Waals surface area contributed by atoms with Crippen LogP contribution in [0.25, 0.3) is 0 Å². The van der Waals surface area contributed by atoms with Crippen LogP contribution in [0.5, 0.6) is 0 Å². The predicted octanol–water partition coefficient (Wildman–Crippen LogP) is 5.72. The molecule has 7 nitrogen and oxygen atoms in total. The summed E-state index contributed by atoms with van der Waals surface area (Å²) in [5.74, 6) is -1.12. The van der Waals surface area contributed by atoms with Gasteiger partial charge in [-0.15, -0.1) is 0 Å². The molecule has 2 aliphatic rings. The Morgan fingerprint density at radius 1 is 1.00 bits per heavy atom. The van der Waals surface area contributed by atoms with Gasteiger partial charge in [0, 0.05) is 23.2 Å². The van der Waals surface area contributed by atoms with Crippen molar-refractivity contribution in [2.24, 2.45) is 0 Å². The molecular formula is C26H21BrCl2N2O5S. The minimum Gasteiger partial charge on any atom is -0.478 e. The molecule has 0 saturated carbocycles. The van der Waals surface area contributed by atoms with Gasteiger partial charge in [0.15, 0.2) is 0 Å². The second-order valence-electron chi connectivity index (χ2n) is 9.09. The van der Waals surface area contributed by atoms with E-state index in [1.165, 1.54) is 28.6 Å². The molecule has 2 aliphatic heterocycles. The lowest BCUT2D eigenvalue weighted by atomic mass is 9.74. The molecule has 5 rings (SSSR count). The molecule has 0 aliphatic carbocycles. The van der Waals surface area contributed by atoms with E-state index in [9.17, 15) is 23.1 Å². The Hall–Kier alpha value is -2.43.